The second kappa shape index (κ2) is 27.3. The van der Waals surface area contributed by atoms with Gasteiger partial charge in [0.15, 0.2) is 0 Å². The number of esters is 2. The zero-order chi connectivity index (χ0) is 50.2. The predicted molar refractivity (Wildman–Crippen MR) is 268 cm³/mol. The summed E-state index contributed by atoms with van der Waals surface area (Å²) >= 11 is 0. The number of carbonyl (C=O) groups is 2. The van der Waals surface area contributed by atoms with Gasteiger partial charge in [0.05, 0.1) is 11.1 Å². The number of hydrogen-bond donors (Lipinski definition) is 2. The number of carbonyl (C=O) groups excluding carboxylic acids is 2. The maximum absolute atomic E-state index is 13.0. The zero-order valence-electron chi connectivity index (χ0n) is 38.9. The minimum Gasteiger partial charge on any atom is -0.491 e. The summed E-state index contributed by atoms with van der Waals surface area (Å²) in [6.07, 6.45) is 20.7. The molecule has 2 atom stereocenters. The summed E-state index contributed by atoms with van der Waals surface area (Å²) in [5.74, 6) is 12.0. The van der Waals surface area contributed by atoms with E-state index in [2.05, 4.69) is 23.7 Å². The first-order valence-electron chi connectivity index (χ1n) is 22.5. The Morgan fingerprint density at radius 2 is 0.704 bits per heavy atom. The molecule has 0 spiro atoms. The molecule has 2 N–H and O–H groups in total. The largest absolute Gasteiger partial charge is 0.491 e. The molecule has 0 radical (unpaired) electrons. The van der Waals surface area contributed by atoms with Gasteiger partial charge in [0, 0.05) is 12.8 Å². The molecule has 0 saturated carbocycles. The van der Waals surface area contributed by atoms with Gasteiger partial charge in [-0.15, -0.1) is 25.7 Å². The van der Waals surface area contributed by atoms with E-state index in [1.165, 1.54) is 0 Å². The fraction of sp³-hybridized carbons (Fsp3) is 0.220. The molecule has 12 heteroatoms. The Balaban J connectivity index is 0.909. The summed E-state index contributed by atoms with van der Waals surface area (Å²) in [5, 5.41) is 21.2. The second-order valence-electron chi connectivity index (χ2n) is 15.8. The lowest BCUT2D eigenvalue weighted by Crippen LogP contribution is -2.25. The highest BCUT2D eigenvalue weighted by Crippen LogP contribution is 2.27. The van der Waals surface area contributed by atoms with Crippen LogP contribution in [0.5, 0.6) is 34.5 Å². The Morgan fingerprint density at radius 1 is 0.394 bits per heavy atom. The van der Waals surface area contributed by atoms with E-state index in [1.54, 1.807) is 60.7 Å². The van der Waals surface area contributed by atoms with Crippen molar-refractivity contribution in [3.63, 3.8) is 0 Å². The normalized spacial score (nSPS) is 11.2. The van der Waals surface area contributed by atoms with Crippen molar-refractivity contribution >= 4 is 11.9 Å². The first-order valence-corrected chi connectivity index (χ1v) is 22.5. The van der Waals surface area contributed by atoms with Gasteiger partial charge in [-0.25, -0.2) is 9.59 Å². The van der Waals surface area contributed by atoms with Gasteiger partial charge in [0.25, 0.3) is 0 Å². The van der Waals surface area contributed by atoms with Gasteiger partial charge in [0.2, 0.25) is 0 Å². The Labute approximate surface area is 414 Å². The lowest BCUT2D eigenvalue weighted by Gasteiger charge is -2.15. The van der Waals surface area contributed by atoms with Gasteiger partial charge in [-0.05, 0) is 125 Å². The van der Waals surface area contributed by atoms with Crippen LogP contribution in [-0.2, 0) is 28.7 Å². The van der Waals surface area contributed by atoms with E-state index in [1.807, 2.05) is 72.8 Å². The van der Waals surface area contributed by atoms with Crippen molar-refractivity contribution in [2.24, 2.45) is 0 Å². The third-order valence-electron chi connectivity index (χ3n) is 10.4. The number of aliphatic hydroxyl groups excluding tert-OH is 2. The van der Waals surface area contributed by atoms with E-state index < -0.39 is 24.1 Å². The van der Waals surface area contributed by atoms with Gasteiger partial charge >= 0.3 is 11.9 Å². The number of hydrogen-bond acceptors (Lipinski definition) is 12. The summed E-state index contributed by atoms with van der Waals surface area (Å²) in [6, 6.07) is 39.5. The van der Waals surface area contributed by atoms with Crippen LogP contribution in [0.15, 0.2) is 133 Å². The molecule has 6 aromatic rings. The van der Waals surface area contributed by atoms with Crippen LogP contribution in [0, 0.1) is 49.4 Å². The maximum Gasteiger partial charge on any atom is 0.338 e. The Bertz CT molecular complexity index is 2650. The number of rotatable bonds is 26. The van der Waals surface area contributed by atoms with Crippen molar-refractivity contribution in [2.75, 3.05) is 52.9 Å². The minimum absolute atomic E-state index is 0.0612. The Hall–Kier alpha value is -8.78. The summed E-state index contributed by atoms with van der Waals surface area (Å²) < 4.78 is 44.7. The van der Waals surface area contributed by atoms with Crippen molar-refractivity contribution in [3.8, 4) is 83.9 Å². The van der Waals surface area contributed by atoms with Crippen molar-refractivity contribution in [3.05, 3.63) is 178 Å². The van der Waals surface area contributed by atoms with Gasteiger partial charge in [-0.3, -0.25) is 0 Å². The van der Waals surface area contributed by atoms with Crippen LogP contribution < -0.4 is 28.4 Å². The summed E-state index contributed by atoms with van der Waals surface area (Å²) in [6.45, 7) is -0.306. The van der Waals surface area contributed by atoms with Crippen LogP contribution in [-0.4, -0.2) is 87.2 Å². The van der Waals surface area contributed by atoms with Crippen molar-refractivity contribution in [1.82, 2.24) is 0 Å². The quantitative estimate of drug-likeness (QED) is 0.0406. The molecule has 0 saturated heterocycles. The topological polar surface area (TPSA) is 148 Å². The molecular formula is C59H52O12. The number of benzene rings is 6. The average Bonchev–Trinajstić information content (AvgIpc) is 3.40. The van der Waals surface area contributed by atoms with Crippen molar-refractivity contribution < 1.29 is 57.7 Å². The maximum atomic E-state index is 13.0. The molecule has 0 aliphatic rings. The van der Waals surface area contributed by atoms with Gasteiger partial charge < -0.3 is 48.1 Å². The highest BCUT2D eigenvalue weighted by molar-refractivity contribution is 5.90. The van der Waals surface area contributed by atoms with Crippen LogP contribution in [0.1, 0.15) is 54.1 Å². The third-order valence-corrected chi connectivity index (χ3v) is 10.4. The van der Waals surface area contributed by atoms with Crippen LogP contribution in [0.3, 0.4) is 0 Å². The van der Waals surface area contributed by atoms with Crippen LogP contribution in [0.4, 0.5) is 0 Å². The molecule has 12 nitrogen and oxygen atoms in total. The van der Waals surface area contributed by atoms with Crippen molar-refractivity contribution in [2.45, 2.75) is 31.5 Å². The monoisotopic (exact) mass is 952 g/mol. The zero-order valence-corrected chi connectivity index (χ0v) is 38.9. The number of terminal acetylenes is 4. The lowest BCUT2D eigenvalue weighted by molar-refractivity contribution is 0.0127. The van der Waals surface area contributed by atoms with E-state index in [0.29, 0.717) is 53.8 Å². The molecule has 71 heavy (non-hydrogen) atoms. The standard InChI is InChI=1S/C59H52O12/c1-5-29-64-52-19-13-44(14-20-52)34-48-36-46(17-27-56(48)66-31-7-3)58(62)70-40-50(60)38-68-54-23-9-42(10-24-54)33-43-11-25-55(26-12-43)69-39-51(61)41-71-59(63)47-18-28-57(67-32-8-4)49(37-47)35-45-15-21-53(22-16-45)65-30-6-2/h1-4,9-28,36-37,50-51,60-61H,29-35,38-41H2. The fourth-order valence-electron chi connectivity index (χ4n) is 6.94. The smallest absolute Gasteiger partial charge is 0.338 e. The molecule has 0 aromatic heterocycles. The first kappa shape index (κ1) is 51.6. The summed E-state index contributed by atoms with van der Waals surface area (Å²) in [4.78, 5) is 26.0. The van der Waals surface area contributed by atoms with E-state index in [0.717, 1.165) is 33.4 Å². The molecule has 6 aromatic carbocycles. The molecule has 360 valence electrons. The SMILES string of the molecule is C#CCOc1ccc(Cc2cc(C(=O)OCC(O)COc3ccc(Cc4ccc(OCC(O)COC(=O)c5ccc(OCC#C)c(Cc6ccc(OCC#C)cc6)c5)cc4)cc3)ccc2OCC#C)cc1. The highest BCUT2D eigenvalue weighted by Gasteiger charge is 2.18. The van der Waals surface area contributed by atoms with E-state index >= 15 is 0 Å². The molecule has 2 unspecified atom stereocenters. The van der Waals surface area contributed by atoms with Gasteiger partial charge in [-0.1, -0.05) is 72.2 Å². The number of ether oxygens (including phenoxy) is 8. The predicted octanol–water partition coefficient (Wildman–Crippen LogP) is 7.70. The molecule has 0 heterocycles. The molecular weight excluding hydrogens is 901 g/mol. The van der Waals surface area contributed by atoms with Gasteiger partial charge in [0.1, 0.15) is 99.6 Å². The summed E-state index contributed by atoms with van der Waals surface area (Å²) in [7, 11) is 0. The highest BCUT2D eigenvalue weighted by atomic mass is 16.6. The molecule has 0 amide bonds. The van der Waals surface area contributed by atoms with Gasteiger partial charge in [-0.2, -0.15) is 0 Å². The second-order valence-corrected chi connectivity index (χ2v) is 15.8. The Morgan fingerprint density at radius 3 is 1.04 bits per heavy atom. The van der Waals surface area contributed by atoms with E-state index in [4.69, 9.17) is 63.6 Å². The lowest BCUT2D eigenvalue weighted by atomic mass is 10.0. The van der Waals surface area contributed by atoms with Crippen molar-refractivity contribution in [1.29, 1.82) is 0 Å². The molecule has 0 bridgehead atoms. The first-order chi connectivity index (χ1) is 34.6. The van der Waals surface area contributed by atoms with Crippen LogP contribution >= 0.6 is 0 Å². The van der Waals surface area contributed by atoms with E-state index in [9.17, 15) is 19.8 Å². The third kappa shape index (κ3) is 16.7. The molecule has 0 aliphatic heterocycles. The molecule has 0 aliphatic carbocycles. The van der Waals surface area contributed by atoms with Crippen LogP contribution in [0.2, 0.25) is 0 Å². The van der Waals surface area contributed by atoms with E-state index in [-0.39, 0.29) is 64.0 Å². The minimum atomic E-state index is -1.08. The number of aliphatic hydroxyl groups is 2. The fourth-order valence-corrected chi connectivity index (χ4v) is 6.94. The van der Waals surface area contributed by atoms with Crippen LogP contribution in [0.25, 0.3) is 0 Å². The Kier molecular flexibility index (Phi) is 19.8. The average molecular weight is 953 g/mol. The summed E-state index contributed by atoms with van der Waals surface area (Å²) in [5.41, 5.74) is 5.94. The molecule has 6 rings (SSSR count). The molecule has 0 fully saturated rings.